The van der Waals surface area contributed by atoms with E-state index < -0.39 is 0 Å². The van der Waals surface area contributed by atoms with Gasteiger partial charge in [0.15, 0.2) is 0 Å². The van der Waals surface area contributed by atoms with E-state index in [9.17, 15) is 0 Å². The second-order valence-electron chi connectivity index (χ2n) is 3.00. The van der Waals surface area contributed by atoms with Crippen molar-refractivity contribution in [2.45, 2.75) is 26.2 Å². The number of benzene rings is 1. The normalized spacial score (nSPS) is 10.2. The summed E-state index contributed by atoms with van der Waals surface area (Å²) in [5, 5.41) is 0. The Bertz CT molecular complexity index is 206. The van der Waals surface area contributed by atoms with Gasteiger partial charge in [0.2, 0.25) is 0 Å². The van der Waals surface area contributed by atoms with Crippen molar-refractivity contribution in [1.82, 2.24) is 0 Å². The second kappa shape index (κ2) is 6.67. The number of unbranched alkanes of at least 4 members (excludes halogenated alkanes) is 1. The highest BCUT2D eigenvalue weighted by Crippen LogP contribution is 2.05. The molecule has 1 aromatic rings. The van der Waals surface area contributed by atoms with E-state index in [1.807, 2.05) is 13.5 Å². The first-order valence-corrected chi connectivity index (χ1v) is 4.90. The lowest BCUT2D eigenvalue weighted by Gasteiger charge is -2.00. The molecule has 1 heteroatoms. The maximum Gasteiger partial charge on any atom is 0.0836 e. The Hall–Kier alpha value is -0.820. The molecule has 0 N–H and O–H groups in total. The predicted molar refractivity (Wildman–Crippen MR) is 55.3 cm³/mol. The summed E-state index contributed by atoms with van der Waals surface area (Å²) in [5.74, 6) is 0. The third-order valence-electron chi connectivity index (χ3n) is 1.91. The summed E-state index contributed by atoms with van der Waals surface area (Å²) in [4.78, 5) is 0. The van der Waals surface area contributed by atoms with Crippen LogP contribution >= 0.6 is 0 Å². The molecule has 0 aliphatic heterocycles. The lowest BCUT2D eigenvalue weighted by molar-refractivity contribution is 0.206. The van der Waals surface area contributed by atoms with E-state index in [0.717, 1.165) is 19.4 Å². The number of rotatable bonds is 6. The third kappa shape index (κ3) is 4.69. The Morgan fingerprint density at radius 1 is 1.23 bits per heavy atom. The first-order valence-electron chi connectivity index (χ1n) is 4.90. The highest BCUT2D eigenvalue weighted by molar-refractivity contribution is 5.14. The molecule has 0 fully saturated rings. The largest absolute Gasteiger partial charge is 0.376 e. The van der Waals surface area contributed by atoms with Crippen molar-refractivity contribution < 1.29 is 4.74 Å². The fourth-order valence-electron chi connectivity index (χ4n) is 1.24. The van der Waals surface area contributed by atoms with E-state index in [-0.39, 0.29) is 0 Å². The number of hydrogen-bond donors (Lipinski definition) is 0. The topological polar surface area (TPSA) is 9.23 Å². The SMILES string of the molecule is CCO[CH]CCCc1ccccc1. The second-order valence-corrected chi connectivity index (χ2v) is 3.00. The fourth-order valence-corrected chi connectivity index (χ4v) is 1.24. The van der Waals surface area contributed by atoms with Gasteiger partial charge in [0.1, 0.15) is 0 Å². The van der Waals surface area contributed by atoms with Crippen LogP contribution in [-0.2, 0) is 11.2 Å². The van der Waals surface area contributed by atoms with Gasteiger partial charge in [-0.1, -0.05) is 30.3 Å². The van der Waals surface area contributed by atoms with Crippen LogP contribution < -0.4 is 0 Å². The maximum absolute atomic E-state index is 5.15. The Morgan fingerprint density at radius 3 is 2.69 bits per heavy atom. The molecular weight excluding hydrogens is 160 g/mol. The molecule has 0 saturated heterocycles. The molecule has 0 heterocycles. The van der Waals surface area contributed by atoms with E-state index >= 15 is 0 Å². The zero-order valence-electron chi connectivity index (χ0n) is 8.20. The molecule has 0 amide bonds. The molecule has 1 rings (SSSR count). The number of aryl methyl sites for hydroxylation is 1. The van der Waals surface area contributed by atoms with Gasteiger partial charge in [0.25, 0.3) is 0 Å². The molecule has 0 bridgehead atoms. The molecule has 0 aliphatic rings. The summed E-state index contributed by atoms with van der Waals surface area (Å²) in [6.45, 7) is 4.70. The maximum atomic E-state index is 5.15. The van der Waals surface area contributed by atoms with Crippen molar-refractivity contribution in [3.8, 4) is 0 Å². The van der Waals surface area contributed by atoms with Gasteiger partial charge in [0, 0.05) is 6.61 Å². The molecular formula is C12H17O. The van der Waals surface area contributed by atoms with Gasteiger partial charge >= 0.3 is 0 Å². The summed E-state index contributed by atoms with van der Waals surface area (Å²) >= 11 is 0. The van der Waals surface area contributed by atoms with Gasteiger partial charge in [0.05, 0.1) is 6.61 Å². The smallest absolute Gasteiger partial charge is 0.0836 e. The van der Waals surface area contributed by atoms with Crippen LogP contribution in [0.1, 0.15) is 25.3 Å². The van der Waals surface area contributed by atoms with E-state index in [2.05, 4.69) is 30.3 Å². The summed E-state index contributed by atoms with van der Waals surface area (Å²) in [7, 11) is 0. The lowest BCUT2D eigenvalue weighted by atomic mass is 10.1. The van der Waals surface area contributed by atoms with Gasteiger partial charge in [-0.05, 0) is 31.7 Å². The summed E-state index contributed by atoms with van der Waals surface area (Å²) in [5.41, 5.74) is 1.41. The molecule has 71 valence electrons. The quantitative estimate of drug-likeness (QED) is 0.606. The van der Waals surface area contributed by atoms with Crippen LogP contribution in [0.4, 0.5) is 0 Å². The minimum atomic E-state index is 0.783. The zero-order chi connectivity index (χ0) is 9.36. The zero-order valence-corrected chi connectivity index (χ0v) is 8.20. The van der Waals surface area contributed by atoms with Crippen molar-refractivity contribution in [1.29, 1.82) is 0 Å². The van der Waals surface area contributed by atoms with E-state index in [1.165, 1.54) is 12.0 Å². The summed E-state index contributed by atoms with van der Waals surface area (Å²) in [6, 6.07) is 10.6. The highest BCUT2D eigenvalue weighted by atomic mass is 16.5. The average Bonchev–Trinajstić information content (AvgIpc) is 2.19. The molecule has 0 unspecified atom stereocenters. The molecule has 0 aromatic heterocycles. The van der Waals surface area contributed by atoms with Crippen molar-refractivity contribution >= 4 is 0 Å². The minimum absolute atomic E-state index is 0.783. The molecule has 0 aliphatic carbocycles. The van der Waals surface area contributed by atoms with E-state index in [4.69, 9.17) is 4.74 Å². The minimum Gasteiger partial charge on any atom is -0.376 e. The Labute approximate surface area is 80.7 Å². The molecule has 13 heavy (non-hydrogen) atoms. The van der Waals surface area contributed by atoms with Gasteiger partial charge in [-0.2, -0.15) is 0 Å². The van der Waals surface area contributed by atoms with Gasteiger partial charge in [-0.15, -0.1) is 0 Å². The van der Waals surface area contributed by atoms with Crippen molar-refractivity contribution in [2.75, 3.05) is 6.61 Å². The average molecular weight is 177 g/mol. The fraction of sp³-hybridized carbons (Fsp3) is 0.417. The van der Waals surface area contributed by atoms with Crippen LogP contribution in [-0.4, -0.2) is 6.61 Å². The highest BCUT2D eigenvalue weighted by Gasteiger charge is 1.92. The van der Waals surface area contributed by atoms with Crippen LogP contribution in [0.5, 0.6) is 0 Å². The van der Waals surface area contributed by atoms with Crippen LogP contribution in [0, 0.1) is 6.61 Å². The molecule has 0 saturated carbocycles. The molecule has 1 nitrogen and oxygen atoms in total. The number of ether oxygens (including phenoxy) is 1. The van der Waals surface area contributed by atoms with Crippen LogP contribution in [0.2, 0.25) is 0 Å². The monoisotopic (exact) mass is 177 g/mol. The van der Waals surface area contributed by atoms with E-state index in [0.29, 0.717) is 0 Å². The van der Waals surface area contributed by atoms with Crippen molar-refractivity contribution in [3.63, 3.8) is 0 Å². The van der Waals surface area contributed by atoms with Crippen molar-refractivity contribution in [2.24, 2.45) is 0 Å². The van der Waals surface area contributed by atoms with Gasteiger partial charge in [-0.3, -0.25) is 0 Å². The summed E-state index contributed by atoms with van der Waals surface area (Å²) < 4.78 is 5.15. The van der Waals surface area contributed by atoms with Gasteiger partial charge in [-0.25, -0.2) is 0 Å². The number of hydrogen-bond acceptors (Lipinski definition) is 1. The van der Waals surface area contributed by atoms with Crippen molar-refractivity contribution in [3.05, 3.63) is 42.5 Å². The molecule has 1 aromatic carbocycles. The van der Waals surface area contributed by atoms with Crippen LogP contribution in [0.25, 0.3) is 0 Å². The summed E-state index contributed by atoms with van der Waals surface area (Å²) in [6.07, 6.45) is 3.36. The third-order valence-corrected chi connectivity index (χ3v) is 1.91. The first kappa shape index (κ1) is 10.3. The Balaban J connectivity index is 2.07. The predicted octanol–water partition coefficient (Wildman–Crippen LogP) is 3.21. The lowest BCUT2D eigenvalue weighted by Crippen LogP contribution is -1.89. The van der Waals surface area contributed by atoms with E-state index in [1.54, 1.807) is 0 Å². The molecule has 0 spiro atoms. The Morgan fingerprint density at radius 2 is 2.00 bits per heavy atom. The standard InChI is InChI=1S/C12H17O/c1-2-13-11-7-6-10-12-8-4-3-5-9-12/h3-5,8-9,11H,2,6-7,10H2,1H3. The van der Waals surface area contributed by atoms with Gasteiger partial charge < -0.3 is 4.74 Å². The van der Waals surface area contributed by atoms with Crippen LogP contribution in [0.15, 0.2) is 30.3 Å². The Kier molecular flexibility index (Phi) is 5.27. The molecule has 0 atom stereocenters. The molecule has 1 radical (unpaired) electrons. The van der Waals surface area contributed by atoms with Crippen LogP contribution in [0.3, 0.4) is 0 Å². The first-order chi connectivity index (χ1) is 6.43.